The number of benzene rings is 1. The lowest BCUT2D eigenvalue weighted by Gasteiger charge is -2.04. The van der Waals surface area contributed by atoms with Crippen LogP contribution in [0.25, 0.3) is 0 Å². The zero-order valence-corrected chi connectivity index (χ0v) is 12.5. The first-order chi connectivity index (χ1) is 8.31. The first-order valence-corrected chi connectivity index (χ1v) is 7.79. The number of rotatable bonds is 5. The Morgan fingerprint density at radius 1 is 1.41 bits per heavy atom. The predicted octanol–water partition coefficient (Wildman–Crippen LogP) is 4.02. The average molecular weight is 330 g/mol. The third kappa shape index (κ3) is 3.43. The summed E-state index contributed by atoms with van der Waals surface area (Å²) in [5.74, 6) is 0.835. The Hall–Kier alpha value is -0.590. The van der Waals surface area contributed by atoms with Gasteiger partial charge in [0.25, 0.3) is 0 Å². The van der Waals surface area contributed by atoms with Crippen LogP contribution < -0.4 is 5.32 Å². The van der Waals surface area contributed by atoms with Crippen LogP contribution in [-0.4, -0.2) is 16.1 Å². The molecule has 0 aliphatic heterocycles. The monoisotopic (exact) mass is 329 g/mol. The highest BCUT2D eigenvalue weighted by molar-refractivity contribution is 9.10. The van der Waals surface area contributed by atoms with E-state index in [4.69, 9.17) is 0 Å². The third-order valence-electron chi connectivity index (χ3n) is 2.09. The Kier molecular flexibility index (Phi) is 4.82. The lowest BCUT2D eigenvalue weighted by Crippen LogP contribution is -1.97. The van der Waals surface area contributed by atoms with E-state index in [1.807, 2.05) is 18.2 Å². The summed E-state index contributed by atoms with van der Waals surface area (Å²) in [6.45, 7) is 2.97. The van der Waals surface area contributed by atoms with Crippen molar-refractivity contribution in [3.8, 4) is 0 Å². The van der Waals surface area contributed by atoms with E-state index in [9.17, 15) is 0 Å². The standard InChI is InChI=1S/C11H12BrN3S2/c1-2-13-11-9(14-15-17-11)7-16-10-6-4-3-5-8(10)12/h3-6,13H,2,7H2,1H3. The van der Waals surface area contributed by atoms with Gasteiger partial charge in [-0.2, -0.15) is 0 Å². The van der Waals surface area contributed by atoms with Crippen molar-refractivity contribution in [3.05, 3.63) is 34.4 Å². The molecule has 0 spiro atoms. The minimum absolute atomic E-state index is 0.835. The van der Waals surface area contributed by atoms with Gasteiger partial charge < -0.3 is 5.32 Å². The summed E-state index contributed by atoms with van der Waals surface area (Å²) >= 11 is 6.72. The van der Waals surface area contributed by atoms with Crippen molar-refractivity contribution < 1.29 is 0 Å². The topological polar surface area (TPSA) is 37.8 Å². The van der Waals surface area contributed by atoms with Crippen LogP contribution >= 0.6 is 39.2 Å². The van der Waals surface area contributed by atoms with E-state index in [2.05, 4.69) is 43.8 Å². The van der Waals surface area contributed by atoms with Gasteiger partial charge in [-0.3, -0.25) is 0 Å². The molecular weight excluding hydrogens is 318 g/mol. The van der Waals surface area contributed by atoms with Crippen LogP contribution in [-0.2, 0) is 5.75 Å². The van der Waals surface area contributed by atoms with E-state index < -0.39 is 0 Å². The van der Waals surface area contributed by atoms with Crippen molar-refractivity contribution in [2.45, 2.75) is 17.6 Å². The van der Waals surface area contributed by atoms with Crippen molar-refractivity contribution in [1.29, 1.82) is 0 Å². The maximum absolute atomic E-state index is 4.15. The van der Waals surface area contributed by atoms with Gasteiger partial charge in [-0.25, -0.2) is 0 Å². The summed E-state index contributed by atoms with van der Waals surface area (Å²) in [6, 6.07) is 8.20. The lowest BCUT2D eigenvalue weighted by molar-refractivity contribution is 1.07. The van der Waals surface area contributed by atoms with E-state index in [0.717, 1.165) is 27.5 Å². The number of nitrogens with one attached hydrogen (secondary N) is 1. The fourth-order valence-electron chi connectivity index (χ4n) is 1.31. The summed E-state index contributed by atoms with van der Waals surface area (Å²) in [5.41, 5.74) is 1.03. The quantitative estimate of drug-likeness (QED) is 0.840. The molecule has 2 aromatic rings. The molecule has 2 rings (SSSR count). The molecule has 0 unspecified atom stereocenters. The van der Waals surface area contributed by atoms with Crippen molar-refractivity contribution >= 4 is 44.2 Å². The van der Waals surface area contributed by atoms with Crippen LogP contribution in [0.5, 0.6) is 0 Å². The second kappa shape index (κ2) is 6.37. The van der Waals surface area contributed by atoms with Gasteiger partial charge in [-0.1, -0.05) is 16.6 Å². The van der Waals surface area contributed by atoms with Gasteiger partial charge in [0.05, 0.1) is 0 Å². The largest absolute Gasteiger partial charge is 0.374 e. The summed E-state index contributed by atoms with van der Waals surface area (Å²) in [5, 5.41) is 8.50. The van der Waals surface area contributed by atoms with Crippen LogP contribution in [0.4, 0.5) is 5.00 Å². The maximum Gasteiger partial charge on any atom is 0.134 e. The number of thioether (sulfide) groups is 1. The molecule has 90 valence electrons. The van der Waals surface area contributed by atoms with Gasteiger partial charge in [0.15, 0.2) is 0 Å². The minimum atomic E-state index is 0.835. The minimum Gasteiger partial charge on any atom is -0.374 e. The van der Waals surface area contributed by atoms with E-state index in [1.165, 1.54) is 16.4 Å². The molecule has 3 nitrogen and oxygen atoms in total. The number of hydrogen-bond donors (Lipinski definition) is 1. The Bertz CT molecular complexity index is 487. The van der Waals surface area contributed by atoms with Crippen LogP contribution in [0.2, 0.25) is 0 Å². The Morgan fingerprint density at radius 3 is 3.00 bits per heavy atom. The number of hydrogen-bond acceptors (Lipinski definition) is 5. The second-order valence-corrected chi connectivity index (χ2v) is 5.92. The lowest BCUT2D eigenvalue weighted by atomic mass is 10.4. The summed E-state index contributed by atoms with van der Waals surface area (Å²) < 4.78 is 5.10. The van der Waals surface area contributed by atoms with Crippen LogP contribution in [0.3, 0.4) is 0 Å². The van der Waals surface area contributed by atoms with Gasteiger partial charge in [0, 0.05) is 33.2 Å². The van der Waals surface area contributed by atoms with Crippen molar-refractivity contribution in [3.63, 3.8) is 0 Å². The molecule has 0 radical (unpaired) electrons. The molecule has 0 aliphatic carbocycles. The van der Waals surface area contributed by atoms with E-state index in [0.29, 0.717) is 0 Å². The van der Waals surface area contributed by atoms with E-state index in [-0.39, 0.29) is 0 Å². The van der Waals surface area contributed by atoms with Crippen molar-refractivity contribution in [2.75, 3.05) is 11.9 Å². The molecule has 0 amide bonds. The Labute approximate surface area is 117 Å². The van der Waals surface area contributed by atoms with E-state index >= 15 is 0 Å². The van der Waals surface area contributed by atoms with E-state index in [1.54, 1.807) is 11.8 Å². The van der Waals surface area contributed by atoms with Crippen LogP contribution in [0.15, 0.2) is 33.6 Å². The first-order valence-electron chi connectivity index (χ1n) is 5.23. The molecule has 0 saturated carbocycles. The highest BCUT2D eigenvalue weighted by atomic mass is 79.9. The summed E-state index contributed by atoms with van der Waals surface area (Å²) in [4.78, 5) is 1.22. The SMILES string of the molecule is CCNc1snnc1CSc1ccccc1Br. The molecule has 17 heavy (non-hydrogen) atoms. The molecule has 6 heteroatoms. The van der Waals surface area contributed by atoms with Gasteiger partial charge in [0.1, 0.15) is 10.7 Å². The number of nitrogens with zero attached hydrogens (tertiary/aromatic N) is 2. The molecule has 1 heterocycles. The van der Waals surface area contributed by atoms with Crippen molar-refractivity contribution in [1.82, 2.24) is 9.59 Å². The van der Waals surface area contributed by atoms with Crippen molar-refractivity contribution in [2.24, 2.45) is 0 Å². The molecule has 1 N–H and O–H groups in total. The normalized spacial score (nSPS) is 10.5. The zero-order chi connectivity index (χ0) is 12.1. The average Bonchev–Trinajstić information content (AvgIpc) is 2.76. The second-order valence-electron chi connectivity index (χ2n) is 3.30. The molecule has 1 aromatic heterocycles. The van der Waals surface area contributed by atoms with Gasteiger partial charge in [-0.05, 0) is 35.0 Å². The molecule has 0 fully saturated rings. The fraction of sp³-hybridized carbons (Fsp3) is 0.273. The predicted molar refractivity (Wildman–Crippen MR) is 77.8 cm³/mol. The highest BCUT2D eigenvalue weighted by Crippen LogP contribution is 2.31. The van der Waals surface area contributed by atoms with Gasteiger partial charge in [0.2, 0.25) is 0 Å². The first kappa shape index (κ1) is 12.9. The highest BCUT2D eigenvalue weighted by Gasteiger charge is 2.08. The maximum atomic E-state index is 4.15. The zero-order valence-electron chi connectivity index (χ0n) is 9.31. The molecule has 0 aliphatic rings. The summed E-state index contributed by atoms with van der Waals surface area (Å²) in [6.07, 6.45) is 0. The smallest absolute Gasteiger partial charge is 0.134 e. The Balaban J connectivity index is 2.02. The number of aromatic nitrogens is 2. The molecule has 0 atom stereocenters. The Morgan fingerprint density at radius 2 is 2.24 bits per heavy atom. The molecule has 0 bridgehead atoms. The third-order valence-corrected chi connectivity index (χ3v) is 4.86. The van der Waals surface area contributed by atoms with Gasteiger partial charge in [-0.15, -0.1) is 16.9 Å². The van der Waals surface area contributed by atoms with Crippen LogP contribution in [0, 0.1) is 0 Å². The van der Waals surface area contributed by atoms with Gasteiger partial charge >= 0.3 is 0 Å². The molecular formula is C11H12BrN3S2. The summed E-state index contributed by atoms with van der Waals surface area (Å²) in [7, 11) is 0. The molecule has 1 aromatic carbocycles. The number of anilines is 1. The molecule has 0 saturated heterocycles. The fourth-order valence-corrected chi connectivity index (χ4v) is 3.55. The number of halogens is 1. The van der Waals surface area contributed by atoms with Crippen LogP contribution in [0.1, 0.15) is 12.6 Å².